The largest absolute Gasteiger partial charge is 0.387 e. The van der Waals surface area contributed by atoms with Gasteiger partial charge in [0, 0.05) is 25.6 Å². The van der Waals surface area contributed by atoms with Crippen molar-refractivity contribution in [2.75, 3.05) is 32.8 Å². The SMILES string of the molecule is CCCCOCCN(CC)CC(C)C(=N)N. The van der Waals surface area contributed by atoms with Crippen molar-refractivity contribution in [2.24, 2.45) is 11.7 Å². The highest BCUT2D eigenvalue weighted by atomic mass is 16.5. The van der Waals surface area contributed by atoms with Crippen molar-refractivity contribution >= 4 is 5.84 Å². The fraction of sp³-hybridized carbons (Fsp3) is 0.917. The zero-order valence-corrected chi connectivity index (χ0v) is 11.0. The van der Waals surface area contributed by atoms with Gasteiger partial charge < -0.3 is 15.4 Å². The lowest BCUT2D eigenvalue weighted by molar-refractivity contribution is 0.101. The summed E-state index contributed by atoms with van der Waals surface area (Å²) in [4.78, 5) is 2.28. The summed E-state index contributed by atoms with van der Waals surface area (Å²) < 4.78 is 5.52. The summed E-state index contributed by atoms with van der Waals surface area (Å²) in [6.45, 7) is 10.7. The molecule has 0 bridgehead atoms. The molecule has 0 saturated carbocycles. The van der Waals surface area contributed by atoms with Crippen LogP contribution in [-0.4, -0.2) is 43.6 Å². The molecule has 16 heavy (non-hydrogen) atoms. The first-order valence-electron chi connectivity index (χ1n) is 6.25. The first-order valence-corrected chi connectivity index (χ1v) is 6.25. The van der Waals surface area contributed by atoms with Gasteiger partial charge in [-0.1, -0.05) is 27.2 Å². The van der Waals surface area contributed by atoms with Crippen LogP contribution >= 0.6 is 0 Å². The van der Waals surface area contributed by atoms with Gasteiger partial charge in [-0.3, -0.25) is 5.41 Å². The molecule has 4 heteroatoms. The third-order valence-corrected chi connectivity index (χ3v) is 2.70. The molecule has 0 spiro atoms. The number of hydrogen-bond acceptors (Lipinski definition) is 3. The predicted molar refractivity (Wildman–Crippen MR) is 68.9 cm³/mol. The molecule has 0 aromatic rings. The van der Waals surface area contributed by atoms with Crippen molar-refractivity contribution < 1.29 is 4.74 Å². The molecule has 0 fully saturated rings. The molecule has 0 aliphatic rings. The number of rotatable bonds is 10. The van der Waals surface area contributed by atoms with Crippen LogP contribution in [0.2, 0.25) is 0 Å². The summed E-state index contributed by atoms with van der Waals surface area (Å²) in [6.07, 6.45) is 2.31. The Balaban J connectivity index is 3.62. The topological polar surface area (TPSA) is 62.3 Å². The van der Waals surface area contributed by atoms with E-state index < -0.39 is 0 Å². The lowest BCUT2D eigenvalue weighted by Gasteiger charge is -2.23. The van der Waals surface area contributed by atoms with Crippen molar-refractivity contribution in [2.45, 2.75) is 33.6 Å². The Morgan fingerprint density at radius 3 is 2.56 bits per heavy atom. The molecule has 0 aliphatic carbocycles. The van der Waals surface area contributed by atoms with Crippen LogP contribution in [0.25, 0.3) is 0 Å². The minimum atomic E-state index is 0.135. The Bertz CT molecular complexity index is 185. The van der Waals surface area contributed by atoms with Crippen molar-refractivity contribution in [1.82, 2.24) is 4.90 Å². The lowest BCUT2D eigenvalue weighted by Crippen LogP contribution is -2.36. The van der Waals surface area contributed by atoms with Crippen LogP contribution in [0.1, 0.15) is 33.6 Å². The van der Waals surface area contributed by atoms with E-state index in [9.17, 15) is 0 Å². The predicted octanol–water partition coefficient (Wildman–Crippen LogP) is 1.70. The van der Waals surface area contributed by atoms with Crippen LogP contribution in [0, 0.1) is 11.3 Å². The van der Waals surface area contributed by atoms with E-state index in [2.05, 4.69) is 18.7 Å². The summed E-state index contributed by atoms with van der Waals surface area (Å²) in [5.74, 6) is 0.404. The van der Waals surface area contributed by atoms with Gasteiger partial charge in [-0.25, -0.2) is 0 Å². The molecule has 0 aromatic carbocycles. The molecular weight excluding hydrogens is 202 g/mol. The molecule has 0 saturated heterocycles. The standard InChI is InChI=1S/C12H27N3O/c1-4-6-8-16-9-7-15(5-2)10-11(3)12(13)14/h11H,4-10H2,1-3H3,(H3,13,14). The summed E-state index contributed by atoms with van der Waals surface area (Å²) in [5, 5.41) is 7.36. The van der Waals surface area contributed by atoms with Crippen molar-refractivity contribution in [3.05, 3.63) is 0 Å². The highest BCUT2D eigenvalue weighted by Gasteiger charge is 2.10. The monoisotopic (exact) mass is 229 g/mol. The van der Waals surface area contributed by atoms with Crippen LogP contribution in [0.4, 0.5) is 0 Å². The maximum Gasteiger partial charge on any atom is 0.0947 e. The highest BCUT2D eigenvalue weighted by Crippen LogP contribution is 1.99. The van der Waals surface area contributed by atoms with Crippen LogP contribution in [0.15, 0.2) is 0 Å². The fourth-order valence-electron chi connectivity index (χ4n) is 1.41. The minimum absolute atomic E-state index is 0.135. The third-order valence-electron chi connectivity index (χ3n) is 2.70. The Hall–Kier alpha value is -0.610. The van der Waals surface area contributed by atoms with Crippen molar-refractivity contribution in [3.63, 3.8) is 0 Å². The molecular formula is C12H27N3O. The molecule has 1 unspecified atom stereocenters. The van der Waals surface area contributed by atoms with E-state index in [1.807, 2.05) is 6.92 Å². The number of ether oxygens (including phenoxy) is 1. The van der Waals surface area contributed by atoms with Crippen LogP contribution in [-0.2, 0) is 4.74 Å². The first-order chi connectivity index (χ1) is 7.61. The van der Waals surface area contributed by atoms with E-state index in [1.165, 1.54) is 6.42 Å². The molecule has 0 radical (unpaired) electrons. The van der Waals surface area contributed by atoms with Gasteiger partial charge in [0.1, 0.15) is 0 Å². The van der Waals surface area contributed by atoms with E-state index in [4.69, 9.17) is 15.9 Å². The molecule has 0 rings (SSSR count). The second-order valence-corrected chi connectivity index (χ2v) is 4.22. The molecule has 0 amide bonds. The molecule has 0 heterocycles. The quantitative estimate of drug-likeness (QED) is 0.340. The molecule has 3 N–H and O–H groups in total. The second-order valence-electron chi connectivity index (χ2n) is 4.22. The summed E-state index contributed by atoms with van der Waals surface area (Å²) in [5.41, 5.74) is 5.46. The van der Waals surface area contributed by atoms with Crippen molar-refractivity contribution in [3.8, 4) is 0 Å². The normalized spacial score (nSPS) is 13.0. The molecule has 96 valence electrons. The smallest absolute Gasteiger partial charge is 0.0947 e. The van der Waals surface area contributed by atoms with Gasteiger partial charge in [0.15, 0.2) is 0 Å². The van der Waals surface area contributed by atoms with Gasteiger partial charge in [0.2, 0.25) is 0 Å². The number of amidine groups is 1. The number of nitrogens with zero attached hydrogens (tertiary/aromatic N) is 1. The number of nitrogens with one attached hydrogen (secondary N) is 1. The van der Waals surface area contributed by atoms with Crippen LogP contribution < -0.4 is 5.73 Å². The average Bonchev–Trinajstić information content (AvgIpc) is 2.26. The first kappa shape index (κ1) is 15.4. The van der Waals surface area contributed by atoms with Gasteiger partial charge in [-0.05, 0) is 13.0 Å². The number of nitrogens with two attached hydrogens (primary N) is 1. The van der Waals surface area contributed by atoms with Crippen molar-refractivity contribution in [1.29, 1.82) is 5.41 Å². The zero-order valence-electron chi connectivity index (χ0n) is 11.0. The summed E-state index contributed by atoms with van der Waals surface area (Å²) in [6, 6.07) is 0. The van der Waals surface area contributed by atoms with Gasteiger partial charge in [0.05, 0.1) is 12.4 Å². The maximum absolute atomic E-state index is 7.36. The van der Waals surface area contributed by atoms with E-state index in [0.717, 1.165) is 39.3 Å². The van der Waals surface area contributed by atoms with E-state index in [-0.39, 0.29) is 11.8 Å². The Morgan fingerprint density at radius 2 is 2.06 bits per heavy atom. The molecule has 1 atom stereocenters. The Morgan fingerprint density at radius 1 is 1.38 bits per heavy atom. The summed E-state index contributed by atoms with van der Waals surface area (Å²) >= 11 is 0. The number of likely N-dealkylation sites (N-methyl/N-ethyl adjacent to an activating group) is 1. The fourth-order valence-corrected chi connectivity index (χ4v) is 1.41. The number of hydrogen-bond donors (Lipinski definition) is 2. The zero-order chi connectivity index (χ0) is 12.4. The molecule has 0 aromatic heterocycles. The van der Waals surface area contributed by atoms with E-state index in [1.54, 1.807) is 0 Å². The lowest BCUT2D eigenvalue weighted by atomic mass is 10.1. The Kier molecular flexibility index (Phi) is 9.24. The van der Waals surface area contributed by atoms with Gasteiger partial charge in [-0.15, -0.1) is 0 Å². The van der Waals surface area contributed by atoms with Gasteiger partial charge >= 0.3 is 0 Å². The Labute approximate surface area is 99.7 Å². The maximum atomic E-state index is 7.36. The summed E-state index contributed by atoms with van der Waals surface area (Å²) in [7, 11) is 0. The average molecular weight is 229 g/mol. The highest BCUT2D eigenvalue weighted by molar-refractivity contribution is 5.79. The third kappa shape index (κ3) is 7.65. The van der Waals surface area contributed by atoms with Crippen LogP contribution in [0.3, 0.4) is 0 Å². The van der Waals surface area contributed by atoms with Gasteiger partial charge in [0.25, 0.3) is 0 Å². The minimum Gasteiger partial charge on any atom is -0.387 e. The van der Waals surface area contributed by atoms with Gasteiger partial charge in [-0.2, -0.15) is 0 Å². The van der Waals surface area contributed by atoms with Crippen LogP contribution in [0.5, 0.6) is 0 Å². The van der Waals surface area contributed by atoms with E-state index in [0.29, 0.717) is 0 Å². The molecule has 4 nitrogen and oxygen atoms in total. The van der Waals surface area contributed by atoms with E-state index >= 15 is 0 Å². The molecule has 0 aliphatic heterocycles. The second kappa shape index (κ2) is 9.60. The number of unbranched alkanes of at least 4 members (excludes halogenated alkanes) is 1.